The van der Waals surface area contributed by atoms with Crippen LogP contribution < -0.4 is 11.1 Å². The van der Waals surface area contributed by atoms with Gasteiger partial charge >= 0.3 is 0 Å². The number of aryl methyl sites for hydroxylation is 1. The van der Waals surface area contributed by atoms with Crippen molar-refractivity contribution in [3.63, 3.8) is 0 Å². The molecular formula is C15H22N4O2. The molecule has 1 amide bonds. The van der Waals surface area contributed by atoms with Crippen molar-refractivity contribution in [3.05, 3.63) is 30.1 Å². The zero-order chi connectivity index (χ0) is 15.1. The fraction of sp³-hybridized carbons (Fsp3) is 0.467. The van der Waals surface area contributed by atoms with Gasteiger partial charge in [-0.3, -0.25) is 4.79 Å². The number of carbonyl (C=O) groups is 1. The third-order valence-electron chi connectivity index (χ3n) is 3.36. The minimum atomic E-state index is -0.208. The van der Waals surface area contributed by atoms with Gasteiger partial charge in [0.25, 0.3) is 0 Å². The first-order valence-electron chi connectivity index (χ1n) is 7.16. The van der Waals surface area contributed by atoms with Crippen molar-refractivity contribution in [3.8, 4) is 0 Å². The molecule has 2 aromatic rings. The predicted octanol–water partition coefficient (Wildman–Crippen LogP) is 0.976. The largest absolute Gasteiger partial charge is 0.380 e. The zero-order valence-electron chi connectivity index (χ0n) is 12.3. The summed E-state index contributed by atoms with van der Waals surface area (Å²) in [4.78, 5) is 19.4. The number of ether oxygens (including phenoxy) is 1. The maximum atomic E-state index is 11.7. The van der Waals surface area contributed by atoms with Crippen LogP contribution in [0.3, 0.4) is 0 Å². The van der Waals surface area contributed by atoms with Crippen molar-refractivity contribution in [1.82, 2.24) is 15.3 Å². The van der Waals surface area contributed by atoms with Gasteiger partial charge in [-0.15, -0.1) is 0 Å². The predicted molar refractivity (Wildman–Crippen MR) is 81.9 cm³/mol. The maximum absolute atomic E-state index is 11.7. The normalized spacial score (nSPS) is 12.5. The van der Waals surface area contributed by atoms with E-state index in [-0.39, 0.29) is 12.0 Å². The second-order valence-electron chi connectivity index (χ2n) is 4.95. The number of imidazole rings is 1. The summed E-state index contributed by atoms with van der Waals surface area (Å²) in [5.74, 6) is 0.916. The maximum Gasteiger partial charge on any atom is 0.222 e. The summed E-state index contributed by atoms with van der Waals surface area (Å²) in [5, 5.41) is 2.87. The Morgan fingerprint density at radius 1 is 1.48 bits per heavy atom. The Morgan fingerprint density at radius 3 is 3.00 bits per heavy atom. The summed E-state index contributed by atoms with van der Waals surface area (Å²) in [6.45, 7) is 0.972. The number of fused-ring (bicyclic) bond motifs is 1. The number of aromatic amines is 1. The van der Waals surface area contributed by atoms with E-state index in [1.165, 1.54) is 0 Å². The van der Waals surface area contributed by atoms with Gasteiger partial charge < -0.3 is 20.8 Å². The molecule has 0 fully saturated rings. The highest BCUT2D eigenvalue weighted by molar-refractivity contribution is 5.76. The molecule has 1 atom stereocenters. The Bertz CT molecular complexity index is 545. The van der Waals surface area contributed by atoms with E-state index in [2.05, 4.69) is 15.3 Å². The van der Waals surface area contributed by atoms with E-state index in [1.807, 2.05) is 24.3 Å². The number of methoxy groups -OCH3 is 1. The van der Waals surface area contributed by atoms with Crippen LogP contribution in [0.25, 0.3) is 11.0 Å². The van der Waals surface area contributed by atoms with Crippen LogP contribution in [0.2, 0.25) is 0 Å². The van der Waals surface area contributed by atoms with Gasteiger partial charge in [0.1, 0.15) is 5.82 Å². The monoisotopic (exact) mass is 290 g/mol. The van der Waals surface area contributed by atoms with Gasteiger partial charge in [-0.25, -0.2) is 4.98 Å². The highest BCUT2D eigenvalue weighted by Crippen LogP contribution is 2.11. The highest BCUT2D eigenvalue weighted by Gasteiger charge is 2.10. The van der Waals surface area contributed by atoms with Crippen LogP contribution in [0.5, 0.6) is 0 Å². The van der Waals surface area contributed by atoms with E-state index < -0.39 is 0 Å². The van der Waals surface area contributed by atoms with Gasteiger partial charge in [-0.1, -0.05) is 12.1 Å². The first-order chi connectivity index (χ1) is 10.2. The fourth-order valence-electron chi connectivity index (χ4n) is 2.15. The second kappa shape index (κ2) is 7.75. The molecule has 0 saturated carbocycles. The van der Waals surface area contributed by atoms with Crippen molar-refractivity contribution in [2.75, 3.05) is 20.2 Å². The van der Waals surface area contributed by atoms with Crippen molar-refractivity contribution in [2.24, 2.45) is 5.73 Å². The molecule has 21 heavy (non-hydrogen) atoms. The number of nitrogens with two attached hydrogens (primary N) is 1. The molecule has 6 heteroatoms. The number of H-pyrrole nitrogens is 1. The van der Waals surface area contributed by atoms with Crippen LogP contribution in [0.4, 0.5) is 0 Å². The Morgan fingerprint density at radius 2 is 2.29 bits per heavy atom. The van der Waals surface area contributed by atoms with Crippen molar-refractivity contribution in [1.29, 1.82) is 0 Å². The van der Waals surface area contributed by atoms with E-state index in [0.29, 0.717) is 19.5 Å². The number of nitrogens with zero attached hydrogens (tertiary/aromatic N) is 1. The highest BCUT2D eigenvalue weighted by atomic mass is 16.5. The second-order valence-corrected chi connectivity index (χ2v) is 4.95. The number of para-hydroxylation sites is 2. The summed E-state index contributed by atoms with van der Waals surface area (Å²) in [7, 11) is 1.56. The van der Waals surface area contributed by atoms with Crippen molar-refractivity contribution in [2.45, 2.75) is 25.4 Å². The Balaban J connectivity index is 1.71. The smallest absolute Gasteiger partial charge is 0.222 e. The molecule has 1 aromatic heterocycles. The number of carbonyl (C=O) groups excluding carboxylic acids is 1. The molecule has 0 bridgehead atoms. The number of nitrogens with one attached hydrogen (secondary N) is 2. The third kappa shape index (κ3) is 4.54. The molecule has 0 aliphatic rings. The minimum absolute atomic E-state index is 0.0306. The summed E-state index contributed by atoms with van der Waals surface area (Å²) >= 11 is 0. The number of rotatable bonds is 8. The first kappa shape index (κ1) is 15.5. The van der Waals surface area contributed by atoms with Crippen LogP contribution in [-0.2, 0) is 16.0 Å². The van der Waals surface area contributed by atoms with E-state index in [1.54, 1.807) is 7.11 Å². The van der Waals surface area contributed by atoms with Gasteiger partial charge in [0.15, 0.2) is 0 Å². The average Bonchev–Trinajstić information content (AvgIpc) is 2.92. The SMILES string of the molecule is COC(CN)CC(=O)NCCCc1nc2ccccc2[nH]1. The molecule has 2 rings (SSSR count). The van der Waals surface area contributed by atoms with E-state index in [4.69, 9.17) is 10.5 Å². The lowest BCUT2D eigenvalue weighted by Crippen LogP contribution is -2.32. The Hall–Kier alpha value is -1.92. The van der Waals surface area contributed by atoms with Crippen LogP contribution >= 0.6 is 0 Å². The van der Waals surface area contributed by atoms with E-state index in [9.17, 15) is 4.79 Å². The summed E-state index contributed by atoms with van der Waals surface area (Å²) in [6.07, 6.45) is 1.74. The molecule has 0 spiro atoms. The lowest BCUT2D eigenvalue weighted by molar-refractivity contribution is -0.123. The first-order valence-corrected chi connectivity index (χ1v) is 7.16. The third-order valence-corrected chi connectivity index (χ3v) is 3.36. The van der Waals surface area contributed by atoms with Crippen LogP contribution in [-0.4, -0.2) is 42.2 Å². The average molecular weight is 290 g/mol. The quantitative estimate of drug-likeness (QED) is 0.632. The number of benzene rings is 1. The van der Waals surface area contributed by atoms with Crippen LogP contribution in [0.15, 0.2) is 24.3 Å². The molecule has 0 aliphatic carbocycles. The summed E-state index contributed by atoms with van der Waals surface area (Å²) < 4.78 is 5.08. The van der Waals surface area contributed by atoms with Gasteiger partial charge in [-0.05, 0) is 18.6 Å². The van der Waals surface area contributed by atoms with E-state index >= 15 is 0 Å². The molecular weight excluding hydrogens is 268 g/mol. The molecule has 6 nitrogen and oxygen atoms in total. The van der Waals surface area contributed by atoms with E-state index in [0.717, 1.165) is 29.7 Å². The Labute approximate surface area is 124 Å². The minimum Gasteiger partial charge on any atom is -0.380 e. The number of hydrogen-bond acceptors (Lipinski definition) is 4. The zero-order valence-corrected chi connectivity index (χ0v) is 12.3. The van der Waals surface area contributed by atoms with Crippen LogP contribution in [0, 0.1) is 0 Å². The number of hydrogen-bond donors (Lipinski definition) is 3. The lowest BCUT2D eigenvalue weighted by Gasteiger charge is -2.12. The van der Waals surface area contributed by atoms with Gasteiger partial charge in [0.05, 0.1) is 23.6 Å². The fourth-order valence-corrected chi connectivity index (χ4v) is 2.15. The number of aromatic nitrogens is 2. The molecule has 114 valence electrons. The number of amides is 1. The van der Waals surface area contributed by atoms with Crippen LogP contribution in [0.1, 0.15) is 18.7 Å². The lowest BCUT2D eigenvalue weighted by atomic mass is 10.2. The summed E-state index contributed by atoms with van der Waals surface area (Å²) in [5.41, 5.74) is 7.50. The molecule has 0 radical (unpaired) electrons. The topological polar surface area (TPSA) is 93.0 Å². The molecule has 1 heterocycles. The molecule has 0 saturated heterocycles. The Kier molecular flexibility index (Phi) is 5.71. The van der Waals surface area contributed by atoms with Crippen molar-refractivity contribution >= 4 is 16.9 Å². The summed E-state index contributed by atoms with van der Waals surface area (Å²) in [6, 6.07) is 7.94. The molecule has 1 aromatic carbocycles. The van der Waals surface area contributed by atoms with Gasteiger partial charge in [-0.2, -0.15) is 0 Å². The van der Waals surface area contributed by atoms with Crippen molar-refractivity contribution < 1.29 is 9.53 Å². The van der Waals surface area contributed by atoms with Gasteiger partial charge in [0, 0.05) is 26.6 Å². The molecule has 0 aliphatic heterocycles. The standard InChI is InChI=1S/C15H22N4O2/c1-21-11(10-16)9-15(20)17-8-4-7-14-18-12-5-2-3-6-13(12)19-14/h2-3,5-6,11H,4,7-10,16H2,1H3,(H,17,20)(H,18,19). The molecule has 1 unspecified atom stereocenters. The molecule has 4 N–H and O–H groups in total. The van der Waals surface area contributed by atoms with Gasteiger partial charge in [0.2, 0.25) is 5.91 Å².